The van der Waals surface area contributed by atoms with Crippen LogP contribution in [0.2, 0.25) is 0 Å². The van der Waals surface area contributed by atoms with Gasteiger partial charge < -0.3 is 5.73 Å². The number of fused-ring (bicyclic) bond motifs is 1. The zero-order valence-electron chi connectivity index (χ0n) is 12.8. The smallest absolute Gasteiger partial charge is 0.0470 e. The molecule has 2 rings (SSSR count). The van der Waals surface area contributed by atoms with E-state index in [0.717, 1.165) is 35.8 Å². The molecule has 0 spiro atoms. The molecule has 0 fully saturated rings. The summed E-state index contributed by atoms with van der Waals surface area (Å²) in [5, 5.41) is 0. The minimum Gasteiger partial charge on any atom is -0.398 e. The van der Waals surface area contributed by atoms with Crippen molar-refractivity contribution >= 4 is 43.8 Å². The Morgan fingerprint density at radius 1 is 1.38 bits per heavy atom. The molecule has 0 heterocycles. The molecule has 0 aromatic heterocycles. The monoisotopic (exact) mass is 412 g/mol. The van der Waals surface area contributed by atoms with Crippen molar-refractivity contribution in [3.63, 3.8) is 0 Å². The van der Waals surface area contributed by atoms with Crippen molar-refractivity contribution in [3.8, 4) is 0 Å². The van der Waals surface area contributed by atoms with E-state index >= 15 is 0 Å². The SMILES string of the molecule is CCc1cc(Br)c2c(c1N)CCC(C)=C(N=CC(C)Br)C2. The summed E-state index contributed by atoms with van der Waals surface area (Å²) in [5.41, 5.74) is 13.7. The molecule has 2 nitrogen and oxygen atoms in total. The van der Waals surface area contributed by atoms with Crippen LogP contribution in [-0.2, 0) is 19.3 Å². The number of nitrogens with zero attached hydrogens (tertiary/aromatic N) is 1. The van der Waals surface area contributed by atoms with Crippen LogP contribution in [0.5, 0.6) is 0 Å². The number of anilines is 1. The second kappa shape index (κ2) is 7.10. The number of hydrogen-bond acceptors (Lipinski definition) is 2. The lowest BCUT2D eigenvalue weighted by molar-refractivity contribution is 0.934. The third-order valence-corrected chi connectivity index (χ3v) is 4.97. The Balaban J connectivity index is 2.46. The van der Waals surface area contributed by atoms with Crippen molar-refractivity contribution < 1.29 is 0 Å². The Labute approximate surface area is 144 Å². The molecule has 0 bridgehead atoms. The molecule has 1 aromatic carbocycles. The standard InChI is InChI=1S/C17H22Br2N2/c1-4-12-7-15(19)14-8-16(21-9-11(3)18)10(2)5-6-13(14)17(12)20/h7,9,11H,4-6,8,20H2,1-3H3. The zero-order chi connectivity index (χ0) is 15.6. The molecule has 1 unspecified atom stereocenters. The summed E-state index contributed by atoms with van der Waals surface area (Å²) in [6.07, 6.45) is 5.81. The number of hydrogen-bond donors (Lipinski definition) is 1. The molecule has 114 valence electrons. The van der Waals surface area contributed by atoms with Gasteiger partial charge >= 0.3 is 0 Å². The average molecular weight is 414 g/mol. The molecule has 1 aliphatic carbocycles. The van der Waals surface area contributed by atoms with Crippen LogP contribution in [0.3, 0.4) is 0 Å². The number of aliphatic imine (C=N–C) groups is 1. The van der Waals surface area contributed by atoms with Gasteiger partial charge in [0.15, 0.2) is 0 Å². The highest BCUT2D eigenvalue weighted by Gasteiger charge is 2.19. The second-order valence-corrected chi connectivity index (χ2v) is 7.90. The maximum absolute atomic E-state index is 6.38. The predicted octanol–water partition coefficient (Wildman–Crippen LogP) is 5.21. The number of aryl methyl sites for hydroxylation is 1. The predicted molar refractivity (Wildman–Crippen MR) is 99.5 cm³/mol. The van der Waals surface area contributed by atoms with Crippen molar-refractivity contribution in [2.75, 3.05) is 5.73 Å². The quantitative estimate of drug-likeness (QED) is 0.412. The minimum atomic E-state index is 0.288. The maximum atomic E-state index is 6.38. The van der Waals surface area contributed by atoms with Gasteiger partial charge in [0.25, 0.3) is 0 Å². The normalized spacial score (nSPS) is 17.0. The van der Waals surface area contributed by atoms with E-state index in [2.05, 4.69) is 63.7 Å². The average Bonchev–Trinajstić information content (AvgIpc) is 2.60. The van der Waals surface area contributed by atoms with Crippen molar-refractivity contribution in [2.45, 2.75) is 51.3 Å². The summed E-state index contributed by atoms with van der Waals surface area (Å²) >= 11 is 7.25. The topological polar surface area (TPSA) is 38.4 Å². The number of halogens is 2. The van der Waals surface area contributed by atoms with Crippen molar-refractivity contribution in [3.05, 3.63) is 38.5 Å². The summed E-state index contributed by atoms with van der Waals surface area (Å²) in [6.45, 7) is 6.41. The molecule has 1 atom stereocenters. The lowest BCUT2D eigenvalue weighted by Gasteiger charge is -2.15. The van der Waals surface area contributed by atoms with Crippen LogP contribution in [0, 0.1) is 0 Å². The molecular formula is C17H22Br2N2. The van der Waals surface area contributed by atoms with Gasteiger partial charge in [0, 0.05) is 33.3 Å². The van der Waals surface area contributed by atoms with E-state index in [1.165, 1.54) is 28.0 Å². The maximum Gasteiger partial charge on any atom is 0.0470 e. The summed E-state index contributed by atoms with van der Waals surface area (Å²) in [4.78, 5) is 4.97. The first kappa shape index (κ1) is 16.8. The summed E-state index contributed by atoms with van der Waals surface area (Å²) < 4.78 is 1.16. The molecule has 1 aromatic rings. The van der Waals surface area contributed by atoms with Gasteiger partial charge in [-0.15, -0.1) is 0 Å². The fourth-order valence-corrected chi connectivity index (χ4v) is 3.49. The van der Waals surface area contributed by atoms with Crippen LogP contribution in [0.15, 0.2) is 26.8 Å². The van der Waals surface area contributed by atoms with Gasteiger partial charge in [-0.1, -0.05) is 44.4 Å². The second-order valence-electron chi connectivity index (χ2n) is 5.60. The van der Waals surface area contributed by atoms with E-state index in [0.29, 0.717) is 0 Å². The van der Waals surface area contributed by atoms with Crippen LogP contribution in [0.1, 0.15) is 43.9 Å². The van der Waals surface area contributed by atoms with Gasteiger partial charge in [-0.2, -0.15) is 0 Å². The van der Waals surface area contributed by atoms with E-state index in [4.69, 9.17) is 5.73 Å². The molecule has 0 saturated heterocycles. The highest BCUT2D eigenvalue weighted by atomic mass is 79.9. The van der Waals surface area contributed by atoms with Crippen LogP contribution in [0.4, 0.5) is 5.69 Å². The number of nitrogen functional groups attached to an aromatic ring is 1. The highest BCUT2D eigenvalue weighted by Crippen LogP contribution is 2.36. The third-order valence-electron chi connectivity index (χ3n) is 4.03. The van der Waals surface area contributed by atoms with E-state index in [-0.39, 0.29) is 4.83 Å². The first-order valence-electron chi connectivity index (χ1n) is 7.39. The van der Waals surface area contributed by atoms with Crippen LogP contribution >= 0.6 is 31.9 Å². The van der Waals surface area contributed by atoms with Gasteiger partial charge in [0.1, 0.15) is 0 Å². The van der Waals surface area contributed by atoms with Gasteiger partial charge in [0.05, 0.1) is 0 Å². The molecule has 21 heavy (non-hydrogen) atoms. The van der Waals surface area contributed by atoms with E-state index in [9.17, 15) is 0 Å². The molecule has 0 amide bonds. The lowest BCUT2D eigenvalue weighted by Crippen LogP contribution is -2.04. The molecular weight excluding hydrogens is 392 g/mol. The Morgan fingerprint density at radius 2 is 2.10 bits per heavy atom. The zero-order valence-corrected chi connectivity index (χ0v) is 16.0. The van der Waals surface area contributed by atoms with Gasteiger partial charge in [0.2, 0.25) is 0 Å². The summed E-state index contributed by atoms with van der Waals surface area (Å²) in [7, 11) is 0. The lowest BCUT2D eigenvalue weighted by atomic mass is 9.96. The number of allylic oxidation sites excluding steroid dienone is 2. The molecule has 1 aliphatic rings. The van der Waals surface area contributed by atoms with E-state index in [1.54, 1.807) is 0 Å². The fraction of sp³-hybridized carbons (Fsp3) is 0.471. The number of nitrogens with two attached hydrogens (primary N) is 1. The van der Waals surface area contributed by atoms with Crippen LogP contribution < -0.4 is 5.73 Å². The number of rotatable bonds is 3. The molecule has 0 aliphatic heterocycles. The molecule has 0 radical (unpaired) electrons. The van der Waals surface area contributed by atoms with E-state index < -0.39 is 0 Å². The largest absolute Gasteiger partial charge is 0.398 e. The fourth-order valence-electron chi connectivity index (χ4n) is 2.71. The van der Waals surface area contributed by atoms with Crippen LogP contribution in [-0.4, -0.2) is 11.0 Å². The van der Waals surface area contributed by atoms with Crippen molar-refractivity contribution in [2.24, 2.45) is 4.99 Å². The summed E-state index contributed by atoms with van der Waals surface area (Å²) in [6, 6.07) is 2.17. The first-order chi connectivity index (χ1) is 9.93. The Bertz CT molecular complexity index is 601. The first-order valence-corrected chi connectivity index (χ1v) is 9.10. The summed E-state index contributed by atoms with van der Waals surface area (Å²) in [5.74, 6) is 0. The Morgan fingerprint density at radius 3 is 2.71 bits per heavy atom. The molecule has 4 heteroatoms. The number of alkyl halides is 1. The Hall–Kier alpha value is -0.610. The number of benzene rings is 1. The molecule has 2 N–H and O–H groups in total. The van der Waals surface area contributed by atoms with Gasteiger partial charge in [-0.25, -0.2) is 0 Å². The van der Waals surface area contributed by atoms with Crippen molar-refractivity contribution in [1.29, 1.82) is 0 Å². The highest BCUT2D eigenvalue weighted by molar-refractivity contribution is 9.10. The van der Waals surface area contributed by atoms with Gasteiger partial charge in [-0.3, -0.25) is 4.99 Å². The van der Waals surface area contributed by atoms with Crippen molar-refractivity contribution in [1.82, 2.24) is 0 Å². The third kappa shape index (κ3) is 3.78. The minimum absolute atomic E-state index is 0.288. The van der Waals surface area contributed by atoms with Crippen LogP contribution in [0.25, 0.3) is 0 Å². The molecule has 0 saturated carbocycles. The Kier molecular flexibility index (Phi) is 5.67. The van der Waals surface area contributed by atoms with Gasteiger partial charge in [-0.05, 0) is 55.9 Å². The van der Waals surface area contributed by atoms with E-state index in [1.807, 2.05) is 6.21 Å².